The summed E-state index contributed by atoms with van der Waals surface area (Å²) in [6.07, 6.45) is 2.87. The molecule has 16 heavy (non-hydrogen) atoms. The van der Waals surface area contributed by atoms with Gasteiger partial charge in [-0.15, -0.1) is 0 Å². The van der Waals surface area contributed by atoms with Crippen LogP contribution in [0, 0.1) is 10.1 Å². The van der Waals surface area contributed by atoms with E-state index < -0.39 is 4.92 Å². The van der Waals surface area contributed by atoms with Crippen molar-refractivity contribution in [3.8, 4) is 0 Å². The van der Waals surface area contributed by atoms with Gasteiger partial charge in [-0.2, -0.15) is 0 Å². The molecule has 4 nitrogen and oxygen atoms in total. The van der Waals surface area contributed by atoms with E-state index in [0.717, 1.165) is 24.8 Å². The first-order valence-electron chi connectivity index (χ1n) is 5.14. The fraction of sp³-hybridized carbons (Fsp3) is 0.455. The number of benzene rings is 1. The van der Waals surface area contributed by atoms with Crippen molar-refractivity contribution in [3.63, 3.8) is 0 Å². The third-order valence-electron chi connectivity index (χ3n) is 3.32. The van der Waals surface area contributed by atoms with Gasteiger partial charge in [0, 0.05) is 22.0 Å². The molecule has 0 radical (unpaired) electrons. The molecular formula is C11H12BrNO3. The van der Waals surface area contributed by atoms with Crippen molar-refractivity contribution in [2.45, 2.75) is 24.7 Å². The molecule has 5 heteroatoms. The van der Waals surface area contributed by atoms with Crippen molar-refractivity contribution in [3.05, 3.63) is 38.3 Å². The number of aliphatic hydroxyl groups is 1. The van der Waals surface area contributed by atoms with E-state index in [2.05, 4.69) is 15.9 Å². The lowest BCUT2D eigenvalue weighted by molar-refractivity contribution is -0.385. The van der Waals surface area contributed by atoms with Crippen LogP contribution in [-0.4, -0.2) is 16.6 Å². The number of hydrogen-bond acceptors (Lipinski definition) is 3. The van der Waals surface area contributed by atoms with Crippen molar-refractivity contribution < 1.29 is 10.0 Å². The van der Waals surface area contributed by atoms with Crippen LogP contribution in [-0.2, 0) is 5.41 Å². The van der Waals surface area contributed by atoms with Gasteiger partial charge in [0.25, 0.3) is 5.69 Å². The molecule has 1 aromatic carbocycles. The minimum Gasteiger partial charge on any atom is -0.395 e. The second-order valence-corrected chi connectivity index (χ2v) is 5.16. The fourth-order valence-corrected chi connectivity index (χ4v) is 2.61. The Hall–Kier alpha value is -0.940. The maximum absolute atomic E-state index is 10.7. The third kappa shape index (κ3) is 1.85. The Balaban J connectivity index is 2.44. The Kier molecular flexibility index (Phi) is 2.99. The summed E-state index contributed by atoms with van der Waals surface area (Å²) in [6.45, 7) is 0.0562. The summed E-state index contributed by atoms with van der Waals surface area (Å²) in [6, 6.07) is 4.91. The molecule has 1 aliphatic carbocycles. The van der Waals surface area contributed by atoms with Gasteiger partial charge in [-0.05, 0) is 24.5 Å². The molecule has 0 bridgehead atoms. The van der Waals surface area contributed by atoms with Crippen LogP contribution in [0.2, 0.25) is 0 Å². The number of aliphatic hydroxyl groups excluding tert-OH is 1. The first kappa shape index (κ1) is 11.5. The lowest BCUT2D eigenvalue weighted by atomic mass is 9.65. The molecule has 0 saturated heterocycles. The molecule has 1 aromatic rings. The zero-order valence-corrected chi connectivity index (χ0v) is 10.2. The minimum absolute atomic E-state index is 0.0562. The van der Waals surface area contributed by atoms with E-state index in [0.29, 0.717) is 4.47 Å². The molecule has 0 atom stereocenters. The molecular weight excluding hydrogens is 274 g/mol. The average Bonchev–Trinajstić information content (AvgIpc) is 2.16. The van der Waals surface area contributed by atoms with E-state index in [1.807, 2.05) is 6.07 Å². The lowest BCUT2D eigenvalue weighted by Crippen LogP contribution is -2.37. The molecule has 86 valence electrons. The smallest absolute Gasteiger partial charge is 0.270 e. The number of hydrogen-bond donors (Lipinski definition) is 1. The van der Waals surface area contributed by atoms with Crippen LogP contribution in [0.5, 0.6) is 0 Å². The monoisotopic (exact) mass is 285 g/mol. The summed E-state index contributed by atoms with van der Waals surface area (Å²) < 4.78 is 0.691. The molecule has 0 spiro atoms. The number of non-ortho nitro benzene ring substituents is 1. The molecule has 0 aliphatic heterocycles. The van der Waals surface area contributed by atoms with Gasteiger partial charge in [0.15, 0.2) is 0 Å². The van der Waals surface area contributed by atoms with Gasteiger partial charge in [0.1, 0.15) is 0 Å². The predicted molar refractivity (Wildman–Crippen MR) is 63.4 cm³/mol. The molecule has 1 aliphatic rings. The molecule has 1 fully saturated rings. The van der Waals surface area contributed by atoms with Crippen molar-refractivity contribution >= 4 is 21.6 Å². The van der Waals surface area contributed by atoms with Crippen molar-refractivity contribution in [2.24, 2.45) is 0 Å². The average molecular weight is 286 g/mol. The van der Waals surface area contributed by atoms with Crippen LogP contribution in [0.1, 0.15) is 24.8 Å². The van der Waals surface area contributed by atoms with Gasteiger partial charge in [0.2, 0.25) is 0 Å². The number of nitrogens with zero attached hydrogens (tertiary/aromatic N) is 1. The Morgan fingerprint density at radius 3 is 2.56 bits per heavy atom. The van der Waals surface area contributed by atoms with Gasteiger partial charge in [-0.25, -0.2) is 0 Å². The number of nitro benzene ring substituents is 1. The Morgan fingerprint density at radius 2 is 2.12 bits per heavy atom. The van der Waals surface area contributed by atoms with E-state index >= 15 is 0 Å². The van der Waals surface area contributed by atoms with E-state index in [1.54, 1.807) is 6.07 Å². The third-order valence-corrected chi connectivity index (χ3v) is 3.78. The maximum atomic E-state index is 10.7. The Labute approximate surface area is 102 Å². The zero-order chi connectivity index (χ0) is 11.8. The van der Waals surface area contributed by atoms with Crippen LogP contribution in [0.3, 0.4) is 0 Å². The van der Waals surface area contributed by atoms with Crippen LogP contribution in [0.15, 0.2) is 22.7 Å². The molecule has 0 aromatic heterocycles. The summed E-state index contributed by atoms with van der Waals surface area (Å²) in [5, 5.41) is 20.2. The van der Waals surface area contributed by atoms with Gasteiger partial charge < -0.3 is 5.11 Å². The lowest BCUT2D eigenvalue weighted by Gasteiger charge is -2.40. The highest BCUT2D eigenvalue weighted by atomic mass is 79.9. The van der Waals surface area contributed by atoms with Crippen LogP contribution < -0.4 is 0 Å². The highest BCUT2D eigenvalue weighted by Gasteiger charge is 2.38. The van der Waals surface area contributed by atoms with Crippen LogP contribution >= 0.6 is 15.9 Å². The van der Waals surface area contributed by atoms with Gasteiger partial charge in [0.05, 0.1) is 11.5 Å². The SMILES string of the molecule is O=[N+]([O-])c1cc(Br)cc(C2(CO)CCC2)c1. The molecule has 0 amide bonds. The van der Waals surface area contributed by atoms with Gasteiger partial charge in [-0.1, -0.05) is 22.4 Å². The van der Waals surface area contributed by atoms with E-state index in [-0.39, 0.29) is 17.7 Å². The van der Waals surface area contributed by atoms with Gasteiger partial charge in [-0.3, -0.25) is 10.1 Å². The first-order valence-corrected chi connectivity index (χ1v) is 5.93. The summed E-state index contributed by atoms with van der Waals surface area (Å²) >= 11 is 3.27. The first-order chi connectivity index (χ1) is 7.57. The number of nitro groups is 1. The van der Waals surface area contributed by atoms with E-state index in [1.165, 1.54) is 6.07 Å². The summed E-state index contributed by atoms with van der Waals surface area (Å²) in [4.78, 5) is 10.3. The summed E-state index contributed by atoms with van der Waals surface area (Å²) in [5.41, 5.74) is 0.681. The zero-order valence-electron chi connectivity index (χ0n) is 8.65. The van der Waals surface area contributed by atoms with E-state index in [4.69, 9.17) is 0 Å². The molecule has 1 N–H and O–H groups in total. The highest BCUT2D eigenvalue weighted by molar-refractivity contribution is 9.10. The topological polar surface area (TPSA) is 63.4 Å². The minimum atomic E-state index is -0.405. The van der Waals surface area contributed by atoms with Crippen molar-refractivity contribution in [1.82, 2.24) is 0 Å². The Bertz CT molecular complexity index is 424. The second-order valence-electron chi connectivity index (χ2n) is 4.25. The molecule has 0 heterocycles. The van der Waals surface area contributed by atoms with Gasteiger partial charge >= 0.3 is 0 Å². The van der Waals surface area contributed by atoms with Crippen LogP contribution in [0.4, 0.5) is 5.69 Å². The normalized spacial score (nSPS) is 17.9. The summed E-state index contributed by atoms with van der Waals surface area (Å²) in [7, 11) is 0. The molecule has 1 saturated carbocycles. The number of halogens is 1. The molecule has 2 rings (SSSR count). The Morgan fingerprint density at radius 1 is 1.44 bits per heavy atom. The van der Waals surface area contributed by atoms with Crippen molar-refractivity contribution in [2.75, 3.05) is 6.61 Å². The fourth-order valence-electron chi connectivity index (χ4n) is 2.13. The second kappa shape index (κ2) is 4.14. The molecule has 0 unspecified atom stereocenters. The van der Waals surface area contributed by atoms with Crippen LogP contribution in [0.25, 0.3) is 0 Å². The number of rotatable bonds is 3. The summed E-state index contributed by atoms with van der Waals surface area (Å²) in [5.74, 6) is 0. The highest BCUT2D eigenvalue weighted by Crippen LogP contribution is 2.44. The van der Waals surface area contributed by atoms with E-state index in [9.17, 15) is 15.2 Å². The predicted octanol–water partition coefficient (Wildman–Crippen LogP) is 2.77. The van der Waals surface area contributed by atoms with Crippen molar-refractivity contribution in [1.29, 1.82) is 0 Å². The quantitative estimate of drug-likeness (QED) is 0.686. The maximum Gasteiger partial charge on any atom is 0.270 e. The standard InChI is InChI=1S/C11H12BrNO3/c12-9-4-8(5-10(6-9)13(15)16)11(7-14)2-1-3-11/h4-6,14H,1-3,7H2. The largest absolute Gasteiger partial charge is 0.395 e.